The van der Waals surface area contributed by atoms with Gasteiger partial charge in [-0.1, -0.05) is 17.7 Å². The summed E-state index contributed by atoms with van der Waals surface area (Å²) >= 11 is 3.18. The van der Waals surface area contributed by atoms with Crippen LogP contribution in [0.5, 0.6) is 11.5 Å². The molecule has 1 N–H and O–H groups in total. The number of hydrogen-bond acceptors (Lipinski definition) is 5. The van der Waals surface area contributed by atoms with Crippen LogP contribution in [0.15, 0.2) is 63.7 Å². The van der Waals surface area contributed by atoms with E-state index in [-0.39, 0.29) is 24.2 Å². The monoisotopic (exact) mass is 484 g/mol. The summed E-state index contributed by atoms with van der Waals surface area (Å²) < 4.78 is 17.1. The molecule has 1 aliphatic rings. The fraction of sp³-hybridized carbons (Fsp3) is 0.217. The average molecular weight is 485 g/mol. The lowest BCUT2D eigenvalue weighted by Gasteiger charge is -2.29. The fourth-order valence-corrected chi connectivity index (χ4v) is 3.51. The maximum absolute atomic E-state index is 12.4. The van der Waals surface area contributed by atoms with Crippen molar-refractivity contribution in [1.29, 1.82) is 0 Å². The highest BCUT2D eigenvalue weighted by molar-refractivity contribution is 9.10. The maximum Gasteiger partial charge on any atom is 0.291 e. The van der Waals surface area contributed by atoms with Crippen LogP contribution in [0.3, 0.4) is 0 Å². The molecule has 0 unspecified atom stereocenters. The Bertz CT molecular complexity index is 1090. The van der Waals surface area contributed by atoms with Crippen molar-refractivity contribution in [2.75, 3.05) is 30.0 Å². The molecule has 1 aliphatic heterocycles. The third-order valence-corrected chi connectivity index (χ3v) is 5.20. The van der Waals surface area contributed by atoms with Crippen molar-refractivity contribution in [3.8, 4) is 11.5 Å². The number of fused-ring (bicyclic) bond motifs is 1. The van der Waals surface area contributed by atoms with Gasteiger partial charge in [-0.05, 0) is 65.7 Å². The van der Waals surface area contributed by atoms with Crippen LogP contribution in [-0.4, -0.2) is 31.6 Å². The first kappa shape index (κ1) is 21.0. The Labute approximate surface area is 188 Å². The Hall–Kier alpha value is -3.26. The van der Waals surface area contributed by atoms with Crippen molar-refractivity contribution in [2.45, 2.75) is 13.3 Å². The van der Waals surface area contributed by atoms with E-state index >= 15 is 0 Å². The molecule has 2 amide bonds. The second-order valence-corrected chi connectivity index (χ2v) is 7.87. The molecule has 0 radical (unpaired) electrons. The predicted molar refractivity (Wildman–Crippen MR) is 120 cm³/mol. The number of carbonyl (C=O) groups is 2. The lowest BCUT2D eigenvalue weighted by atomic mass is 10.2. The zero-order chi connectivity index (χ0) is 21.8. The first-order valence-electron chi connectivity index (χ1n) is 9.83. The number of rotatable bonds is 7. The van der Waals surface area contributed by atoms with E-state index in [4.69, 9.17) is 13.9 Å². The Morgan fingerprint density at radius 1 is 1.16 bits per heavy atom. The van der Waals surface area contributed by atoms with Gasteiger partial charge in [0.15, 0.2) is 17.0 Å². The molecule has 0 fully saturated rings. The van der Waals surface area contributed by atoms with Crippen molar-refractivity contribution < 1.29 is 23.5 Å². The summed E-state index contributed by atoms with van der Waals surface area (Å²) in [5.41, 5.74) is 2.40. The van der Waals surface area contributed by atoms with E-state index in [1.165, 1.54) is 5.56 Å². The number of hydrogen-bond donors (Lipinski definition) is 1. The van der Waals surface area contributed by atoms with Crippen LogP contribution < -0.4 is 19.7 Å². The van der Waals surface area contributed by atoms with Gasteiger partial charge in [0.1, 0.15) is 11.5 Å². The van der Waals surface area contributed by atoms with Crippen LogP contribution in [0.25, 0.3) is 0 Å². The number of nitrogens with one attached hydrogen (secondary N) is 1. The topological polar surface area (TPSA) is 81.0 Å². The van der Waals surface area contributed by atoms with E-state index < -0.39 is 0 Å². The number of anilines is 2. The van der Waals surface area contributed by atoms with Crippen molar-refractivity contribution in [2.24, 2.45) is 0 Å². The van der Waals surface area contributed by atoms with Gasteiger partial charge >= 0.3 is 0 Å². The van der Waals surface area contributed by atoms with Crippen molar-refractivity contribution in [3.05, 3.63) is 70.6 Å². The lowest BCUT2D eigenvalue weighted by molar-refractivity contribution is -0.121. The van der Waals surface area contributed by atoms with E-state index in [0.29, 0.717) is 41.4 Å². The second-order valence-electron chi connectivity index (χ2n) is 7.09. The van der Waals surface area contributed by atoms with Gasteiger partial charge in [0.05, 0.1) is 12.3 Å². The molecular formula is C23H21BrN2O5. The van der Waals surface area contributed by atoms with Gasteiger partial charge in [0, 0.05) is 18.3 Å². The van der Waals surface area contributed by atoms with Gasteiger partial charge in [-0.25, -0.2) is 0 Å². The Morgan fingerprint density at radius 2 is 1.97 bits per heavy atom. The molecule has 2 aromatic carbocycles. The fourth-order valence-electron chi connectivity index (χ4n) is 3.20. The Balaban J connectivity index is 1.37. The van der Waals surface area contributed by atoms with Gasteiger partial charge in [0.2, 0.25) is 0 Å². The molecule has 3 aromatic rings. The van der Waals surface area contributed by atoms with Gasteiger partial charge in [-0.15, -0.1) is 0 Å². The molecule has 31 heavy (non-hydrogen) atoms. The van der Waals surface area contributed by atoms with E-state index in [0.717, 1.165) is 5.75 Å². The van der Waals surface area contributed by atoms with Crippen LogP contribution in [0.1, 0.15) is 22.5 Å². The van der Waals surface area contributed by atoms with Crippen LogP contribution in [-0.2, 0) is 4.79 Å². The van der Waals surface area contributed by atoms with Crippen LogP contribution in [0, 0.1) is 6.92 Å². The first-order valence-corrected chi connectivity index (χ1v) is 10.6. The predicted octanol–water partition coefficient (Wildman–Crippen LogP) is 4.80. The van der Waals surface area contributed by atoms with Gasteiger partial charge in [-0.3, -0.25) is 9.59 Å². The van der Waals surface area contributed by atoms with Gasteiger partial charge in [0.25, 0.3) is 11.8 Å². The van der Waals surface area contributed by atoms with E-state index in [1.807, 2.05) is 31.2 Å². The molecule has 2 heterocycles. The first-order chi connectivity index (χ1) is 15.0. The standard InChI is InChI=1S/C23H21BrN2O5/c1-15-3-6-17(7-4-15)29-12-2-11-26-18-8-5-16(13-20(18)30-14-22(26)27)25-23(28)19-9-10-21(24)31-19/h3-10,13H,2,11-12,14H2,1H3,(H,25,28). The normalized spacial score (nSPS) is 12.8. The van der Waals surface area contributed by atoms with E-state index in [1.54, 1.807) is 35.2 Å². The highest BCUT2D eigenvalue weighted by atomic mass is 79.9. The molecule has 0 saturated carbocycles. The number of ether oxygens (including phenoxy) is 2. The smallest absolute Gasteiger partial charge is 0.291 e. The number of amides is 2. The largest absolute Gasteiger partial charge is 0.494 e. The molecule has 0 saturated heterocycles. The summed E-state index contributed by atoms with van der Waals surface area (Å²) in [6.07, 6.45) is 0.672. The third kappa shape index (κ3) is 5.08. The van der Waals surface area contributed by atoms with E-state index in [9.17, 15) is 9.59 Å². The summed E-state index contributed by atoms with van der Waals surface area (Å²) in [4.78, 5) is 26.3. The van der Waals surface area contributed by atoms with Crippen molar-refractivity contribution in [1.82, 2.24) is 0 Å². The maximum atomic E-state index is 12.4. The minimum absolute atomic E-state index is 0.0473. The Morgan fingerprint density at radius 3 is 2.71 bits per heavy atom. The molecule has 1 aromatic heterocycles. The molecule has 0 aliphatic carbocycles. The van der Waals surface area contributed by atoms with Crippen LogP contribution in [0.4, 0.5) is 11.4 Å². The second kappa shape index (κ2) is 9.26. The number of halogens is 1. The summed E-state index contributed by atoms with van der Waals surface area (Å²) in [6, 6.07) is 16.3. The number of benzene rings is 2. The molecular weight excluding hydrogens is 464 g/mol. The third-order valence-electron chi connectivity index (χ3n) is 4.77. The SMILES string of the molecule is Cc1ccc(OCCCN2C(=O)COc3cc(NC(=O)c4ccc(Br)o4)ccc32)cc1. The molecule has 0 bridgehead atoms. The van der Waals surface area contributed by atoms with Crippen LogP contribution in [0.2, 0.25) is 0 Å². The zero-order valence-corrected chi connectivity index (χ0v) is 18.5. The number of aryl methyl sites for hydroxylation is 1. The van der Waals surface area contributed by atoms with E-state index in [2.05, 4.69) is 21.2 Å². The molecule has 7 nitrogen and oxygen atoms in total. The number of nitrogens with zero attached hydrogens (tertiary/aromatic N) is 1. The number of furan rings is 1. The van der Waals surface area contributed by atoms with Crippen molar-refractivity contribution in [3.63, 3.8) is 0 Å². The van der Waals surface area contributed by atoms with Gasteiger partial charge < -0.3 is 24.1 Å². The highest BCUT2D eigenvalue weighted by Crippen LogP contribution is 2.35. The Kier molecular flexibility index (Phi) is 6.27. The minimum atomic E-state index is -0.373. The van der Waals surface area contributed by atoms with Gasteiger partial charge in [-0.2, -0.15) is 0 Å². The van der Waals surface area contributed by atoms with Crippen molar-refractivity contribution >= 4 is 39.1 Å². The summed E-state index contributed by atoms with van der Waals surface area (Å²) in [5.74, 6) is 1.05. The summed E-state index contributed by atoms with van der Waals surface area (Å²) in [7, 11) is 0. The molecule has 160 valence electrons. The highest BCUT2D eigenvalue weighted by Gasteiger charge is 2.25. The number of carbonyl (C=O) groups excluding carboxylic acids is 2. The molecule has 4 rings (SSSR count). The van der Waals surface area contributed by atoms with Crippen LogP contribution >= 0.6 is 15.9 Å². The summed E-state index contributed by atoms with van der Waals surface area (Å²) in [6.45, 7) is 2.98. The zero-order valence-electron chi connectivity index (χ0n) is 16.9. The molecule has 0 atom stereocenters. The minimum Gasteiger partial charge on any atom is -0.494 e. The quantitative estimate of drug-likeness (QED) is 0.487. The molecule has 0 spiro atoms. The lowest BCUT2D eigenvalue weighted by Crippen LogP contribution is -2.39. The average Bonchev–Trinajstić information content (AvgIpc) is 3.20. The molecule has 8 heteroatoms. The summed E-state index contributed by atoms with van der Waals surface area (Å²) in [5, 5.41) is 2.77.